The average Bonchev–Trinajstić information content (AvgIpc) is 3.35. The molecule has 1 aliphatic rings. The number of nitrogens with one attached hydrogen (secondary N) is 1. The second kappa shape index (κ2) is 10.5. The Kier molecular flexibility index (Phi) is 6.97. The maximum atomic E-state index is 12.5. The van der Waals surface area contributed by atoms with Gasteiger partial charge in [-0.3, -0.25) is 9.69 Å². The Morgan fingerprint density at radius 2 is 1.60 bits per heavy atom. The van der Waals surface area contributed by atoms with Gasteiger partial charge in [0.25, 0.3) is 5.91 Å². The van der Waals surface area contributed by atoms with Crippen molar-refractivity contribution in [3.8, 4) is 11.5 Å². The highest BCUT2D eigenvalue weighted by molar-refractivity contribution is 7.22. The zero-order valence-electron chi connectivity index (χ0n) is 20.2. The molecule has 35 heavy (non-hydrogen) atoms. The summed E-state index contributed by atoms with van der Waals surface area (Å²) >= 11 is 1.80. The highest BCUT2D eigenvalue weighted by atomic mass is 32.1. The van der Waals surface area contributed by atoms with Gasteiger partial charge in [0, 0.05) is 44.8 Å². The molecular formula is C28H30N4O2S. The van der Waals surface area contributed by atoms with E-state index in [0.29, 0.717) is 17.9 Å². The van der Waals surface area contributed by atoms with Gasteiger partial charge in [-0.05, 0) is 61.4 Å². The van der Waals surface area contributed by atoms with Gasteiger partial charge in [0.05, 0.1) is 10.2 Å². The zero-order valence-corrected chi connectivity index (χ0v) is 21.0. The van der Waals surface area contributed by atoms with Crippen molar-refractivity contribution in [1.82, 2.24) is 15.2 Å². The van der Waals surface area contributed by atoms with Crippen LogP contribution in [0.15, 0.2) is 66.7 Å². The summed E-state index contributed by atoms with van der Waals surface area (Å²) < 4.78 is 7.09. The van der Waals surface area contributed by atoms with Crippen molar-refractivity contribution in [3.63, 3.8) is 0 Å². The van der Waals surface area contributed by atoms with Crippen molar-refractivity contribution >= 4 is 32.6 Å². The van der Waals surface area contributed by atoms with E-state index in [0.717, 1.165) is 49.1 Å². The molecule has 0 radical (unpaired) electrons. The Morgan fingerprint density at radius 3 is 2.31 bits per heavy atom. The molecule has 7 heteroatoms. The molecule has 2 heterocycles. The summed E-state index contributed by atoms with van der Waals surface area (Å²) in [6, 6.07) is 21.2. The van der Waals surface area contributed by atoms with E-state index in [4.69, 9.17) is 9.72 Å². The fourth-order valence-electron chi connectivity index (χ4n) is 4.27. The number of rotatable bonds is 7. The number of carbonyl (C=O) groups is 1. The van der Waals surface area contributed by atoms with E-state index in [2.05, 4.69) is 41.1 Å². The predicted molar refractivity (Wildman–Crippen MR) is 143 cm³/mol. The molecule has 1 aromatic heterocycles. The van der Waals surface area contributed by atoms with Crippen molar-refractivity contribution < 1.29 is 9.53 Å². The summed E-state index contributed by atoms with van der Waals surface area (Å²) in [5.41, 5.74) is 4.30. The number of fused-ring (bicyclic) bond motifs is 1. The molecule has 180 valence electrons. The first-order chi connectivity index (χ1) is 17.1. The van der Waals surface area contributed by atoms with Gasteiger partial charge < -0.3 is 15.0 Å². The highest BCUT2D eigenvalue weighted by Crippen LogP contribution is 2.33. The fourth-order valence-corrected chi connectivity index (χ4v) is 5.44. The molecule has 4 aromatic rings. The number of ether oxygens (including phenoxy) is 1. The topological polar surface area (TPSA) is 57.7 Å². The number of benzene rings is 3. The number of aryl methyl sites for hydroxylation is 2. The third kappa shape index (κ3) is 5.47. The Balaban J connectivity index is 1.07. The molecule has 5 rings (SSSR count). The minimum Gasteiger partial charge on any atom is -0.457 e. The van der Waals surface area contributed by atoms with Crippen molar-refractivity contribution in [2.45, 2.75) is 13.8 Å². The van der Waals surface area contributed by atoms with Gasteiger partial charge in [0.2, 0.25) is 0 Å². The average molecular weight is 487 g/mol. The number of hydrogen-bond acceptors (Lipinski definition) is 6. The Labute approximate surface area is 210 Å². The number of nitrogens with zero attached hydrogens (tertiary/aromatic N) is 3. The Bertz CT molecular complexity index is 1260. The van der Waals surface area contributed by atoms with Crippen LogP contribution in [0.2, 0.25) is 0 Å². The smallest absolute Gasteiger partial charge is 0.251 e. The number of aromatic nitrogens is 1. The molecule has 0 saturated carbocycles. The first kappa shape index (κ1) is 23.3. The molecule has 1 aliphatic heterocycles. The summed E-state index contributed by atoms with van der Waals surface area (Å²) in [6.07, 6.45) is 0. The van der Waals surface area contributed by atoms with E-state index in [-0.39, 0.29) is 5.91 Å². The lowest BCUT2D eigenvalue weighted by molar-refractivity contribution is 0.0948. The van der Waals surface area contributed by atoms with Gasteiger partial charge in [-0.25, -0.2) is 4.98 Å². The van der Waals surface area contributed by atoms with Gasteiger partial charge in [-0.1, -0.05) is 41.7 Å². The molecule has 1 N–H and O–H groups in total. The largest absolute Gasteiger partial charge is 0.457 e. The SMILES string of the molecule is Cc1ccc(C)c2sc(N3CCN(CCNC(=O)c4ccc(Oc5ccccc5)cc4)CC3)nc12. The van der Waals surface area contributed by atoms with E-state index in [1.165, 1.54) is 15.8 Å². The van der Waals surface area contributed by atoms with Crippen LogP contribution in [-0.2, 0) is 0 Å². The number of thiazole rings is 1. The number of para-hydroxylation sites is 1. The molecule has 1 amide bonds. The minimum absolute atomic E-state index is 0.0601. The molecular weight excluding hydrogens is 456 g/mol. The number of piperazine rings is 1. The van der Waals surface area contributed by atoms with Crippen LogP contribution in [0.3, 0.4) is 0 Å². The molecule has 1 saturated heterocycles. The molecule has 0 spiro atoms. The van der Waals surface area contributed by atoms with Crippen LogP contribution >= 0.6 is 11.3 Å². The standard InChI is InChI=1S/C28H30N4O2S/c1-20-8-9-21(2)26-25(20)30-28(35-26)32-18-16-31(17-19-32)15-14-29-27(33)22-10-12-24(13-11-22)34-23-6-4-3-5-7-23/h3-13H,14-19H2,1-2H3,(H,29,33). The third-order valence-electron chi connectivity index (χ3n) is 6.38. The molecule has 0 atom stereocenters. The fraction of sp³-hybridized carbons (Fsp3) is 0.286. The molecule has 0 bridgehead atoms. The normalized spacial score (nSPS) is 14.3. The van der Waals surface area contributed by atoms with Crippen LogP contribution in [0.4, 0.5) is 5.13 Å². The second-order valence-corrected chi connectivity index (χ2v) is 9.88. The zero-order chi connectivity index (χ0) is 24.2. The second-order valence-electron chi connectivity index (χ2n) is 8.90. The van der Waals surface area contributed by atoms with Crippen LogP contribution in [0.1, 0.15) is 21.5 Å². The number of carbonyl (C=O) groups excluding carboxylic acids is 1. The van der Waals surface area contributed by atoms with Crippen molar-refractivity contribution in [2.24, 2.45) is 0 Å². The lowest BCUT2D eigenvalue weighted by atomic mass is 10.1. The quantitative estimate of drug-likeness (QED) is 0.386. The molecule has 1 fully saturated rings. The van der Waals surface area contributed by atoms with Gasteiger partial charge in [0.1, 0.15) is 11.5 Å². The number of anilines is 1. The van der Waals surface area contributed by atoms with Crippen LogP contribution < -0.4 is 15.0 Å². The Hall–Kier alpha value is -3.42. The summed E-state index contributed by atoms with van der Waals surface area (Å²) in [5.74, 6) is 1.43. The van der Waals surface area contributed by atoms with Gasteiger partial charge >= 0.3 is 0 Å². The van der Waals surface area contributed by atoms with Crippen LogP contribution in [0, 0.1) is 13.8 Å². The molecule has 6 nitrogen and oxygen atoms in total. The number of hydrogen-bond donors (Lipinski definition) is 1. The molecule has 0 unspecified atom stereocenters. The maximum absolute atomic E-state index is 12.5. The van der Waals surface area contributed by atoms with Gasteiger partial charge in [-0.2, -0.15) is 0 Å². The molecule has 3 aromatic carbocycles. The number of amides is 1. The first-order valence-corrected chi connectivity index (χ1v) is 12.8. The van der Waals surface area contributed by atoms with Crippen molar-refractivity contribution in [1.29, 1.82) is 0 Å². The van der Waals surface area contributed by atoms with Gasteiger partial charge in [0.15, 0.2) is 5.13 Å². The minimum atomic E-state index is -0.0601. The lowest BCUT2D eigenvalue weighted by Crippen LogP contribution is -2.48. The van der Waals surface area contributed by atoms with Crippen LogP contribution in [-0.4, -0.2) is 55.1 Å². The summed E-state index contributed by atoms with van der Waals surface area (Å²) in [5, 5.41) is 4.16. The van der Waals surface area contributed by atoms with E-state index in [1.807, 2.05) is 42.5 Å². The third-order valence-corrected chi connectivity index (χ3v) is 7.63. The maximum Gasteiger partial charge on any atom is 0.251 e. The van der Waals surface area contributed by atoms with E-state index < -0.39 is 0 Å². The van der Waals surface area contributed by atoms with E-state index in [1.54, 1.807) is 23.5 Å². The highest BCUT2D eigenvalue weighted by Gasteiger charge is 2.20. The summed E-state index contributed by atoms with van der Waals surface area (Å²) in [6.45, 7) is 9.59. The van der Waals surface area contributed by atoms with Crippen molar-refractivity contribution in [2.75, 3.05) is 44.2 Å². The monoisotopic (exact) mass is 486 g/mol. The molecule has 0 aliphatic carbocycles. The predicted octanol–water partition coefficient (Wildman–Crippen LogP) is 5.26. The summed E-state index contributed by atoms with van der Waals surface area (Å²) in [7, 11) is 0. The van der Waals surface area contributed by atoms with Gasteiger partial charge in [-0.15, -0.1) is 0 Å². The summed E-state index contributed by atoms with van der Waals surface area (Å²) in [4.78, 5) is 22.3. The van der Waals surface area contributed by atoms with Crippen LogP contribution in [0.25, 0.3) is 10.2 Å². The first-order valence-electron chi connectivity index (χ1n) is 12.0. The Morgan fingerprint density at radius 1 is 0.914 bits per heavy atom. The van der Waals surface area contributed by atoms with E-state index in [9.17, 15) is 4.79 Å². The van der Waals surface area contributed by atoms with E-state index >= 15 is 0 Å². The lowest BCUT2D eigenvalue weighted by Gasteiger charge is -2.34. The van der Waals surface area contributed by atoms with Crippen LogP contribution in [0.5, 0.6) is 11.5 Å². The van der Waals surface area contributed by atoms with Crippen molar-refractivity contribution in [3.05, 3.63) is 83.4 Å².